The highest BCUT2D eigenvalue weighted by atomic mass is 16.5. The van der Waals surface area contributed by atoms with E-state index in [2.05, 4.69) is 0 Å². The van der Waals surface area contributed by atoms with Crippen molar-refractivity contribution in [3.63, 3.8) is 0 Å². The normalized spacial score (nSPS) is 24.0. The van der Waals surface area contributed by atoms with Crippen LogP contribution < -0.4 is 5.73 Å². The third-order valence-electron chi connectivity index (χ3n) is 3.10. The van der Waals surface area contributed by atoms with Crippen molar-refractivity contribution in [1.82, 2.24) is 4.90 Å². The lowest BCUT2D eigenvalue weighted by atomic mass is 10.1. The summed E-state index contributed by atoms with van der Waals surface area (Å²) in [7, 11) is 0. The SMILES string of the molecule is CC1COC(CO)CN1C(=O)c1cccc(N)c1. The number of hydrogen-bond acceptors (Lipinski definition) is 4. The quantitative estimate of drug-likeness (QED) is 0.749. The lowest BCUT2D eigenvalue weighted by Gasteiger charge is -2.37. The number of carbonyl (C=O) groups is 1. The molecule has 1 aromatic rings. The number of carbonyl (C=O) groups excluding carboxylic acids is 1. The summed E-state index contributed by atoms with van der Waals surface area (Å²) in [5.74, 6) is -0.0726. The summed E-state index contributed by atoms with van der Waals surface area (Å²) < 4.78 is 5.41. The van der Waals surface area contributed by atoms with Crippen LogP contribution in [-0.2, 0) is 4.74 Å². The van der Waals surface area contributed by atoms with Crippen LogP contribution in [0.15, 0.2) is 24.3 Å². The van der Waals surface area contributed by atoms with E-state index < -0.39 is 0 Å². The van der Waals surface area contributed by atoms with Gasteiger partial charge in [0, 0.05) is 17.8 Å². The molecule has 18 heavy (non-hydrogen) atoms. The number of nitrogens with zero attached hydrogens (tertiary/aromatic N) is 1. The van der Waals surface area contributed by atoms with Crippen LogP contribution in [0.5, 0.6) is 0 Å². The molecule has 1 aromatic carbocycles. The molecule has 0 aromatic heterocycles. The number of nitrogens with two attached hydrogens (primary N) is 1. The number of hydrogen-bond donors (Lipinski definition) is 2. The average molecular weight is 250 g/mol. The number of rotatable bonds is 2. The standard InChI is InChI=1S/C13H18N2O3/c1-9-8-18-12(7-16)6-15(9)13(17)10-3-2-4-11(14)5-10/h2-5,9,12,16H,6-8,14H2,1H3. The monoisotopic (exact) mass is 250 g/mol. The van der Waals surface area contributed by atoms with Gasteiger partial charge in [0.1, 0.15) is 0 Å². The molecule has 1 fully saturated rings. The number of ether oxygens (including phenoxy) is 1. The van der Waals surface area contributed by atoms with E-state index in [1.807, 2.05) is 6.92 Å². The van der Waals surface area contributed by atoms with E-state index in [0.717, 1.165) is 0 Å². The van der Waals surface area contributed by atoms with E-state index in [9.17, 15) is 4.79 Å². The molecular formula is C13H18N2O3. The highest BCUT2D eigenvalue weighted by molar-refractivity contribution is 5.95. The van der Waals surface area contributed by atoms with Gasteiger partial charge in [-0.2, -0.15) is 0 Å². The second kappa shape index (κ2) is 5.37. The van der Waals surface area contributed by atoms with Gasteiger partial charge < -0.3 is 20.5 Å². The van der Waals surface area contributed by atoms with Crippen molar-refractivity contribution in [3.8, 4) is 0 Å². The highest BCUT2D eigenvalue weighted by Gasteiger charge is 2.29. The van der Waals surface area contributed by atoms with Gasteiger partial charge in [-0.05, 0) is 25.1 Å². The number of aliphatic hydroxyl groups is 1. The molecule has 0 aliphatic carbocycles. The van der Waals surface area contributed by atoms with Crippen molar-refractivity contribution in [2.24, 2.45) is 0 Å². The van der Waals surface area contributed by atoms with E-state index in [4.69, 9.17) is 15.6 Å². The first-order valence-electron chi connectivity index (χ1n) is 6.00. The molecule has 5 nitrogen and oxygen atoms in total. The van der Waals surface area contributed by atoms with Gasteiger partial charge in [-0.25, -0.2) is 0 Å². The van der Waals surface area contributed by atoms with Gasteiger partial charge in [-0.3, -0.25) is 4.79 Å². The molecule has 0 radical (unpaired) electrons. The topological polar surface area (TPSA) is 75.8 Å². The molecule has 98 valence electrons. The fourth-order valence-electron chi connectivity index (χ4n) is 2.05. The molecule has 1 heterocycles. The van der Waals surface area contributed by atoms with Crippen LogP contribution in [0.1, 0.15) is 17.3 Å². The molecule has 1 aliphatic heterocycles. The summed E-state index contributed by atoms with van der Waals surface area (Å²) in [5, 5.41) is 9.11. The van der Waals surface area contributed by atoms with Crippen LogP contribution in [0.4, 0.5) is 5.69 Å². The molecule has 0 bridgehead atoms. The van der Waals surface area contributed by atoms with Crippen LogP contribution in [0.2, 0.25) is 0 Å². The van der Waals surface area contributed by atoms with Crippen molar-refractivity contribution in [2.45, 2.75) is 19.1 Å². The predicted molar refractivity (Wildman–Crippen MR) is 68.2 cm³/mol. The Kier molecular flexibility index (Phi) is 3.84. The fourth-order valence-corrected chi connectivity index (χ4v) is 2.05. The van der Waals surface area contributed by atoms with E-state index in [0.29, 0.717) is 24.4 Å². The molecule has 1 amide bonds. The van der Waals surface area contributed by atoms with Crippen molar-refractivity contribution < 1.29 is 14.6 Å². The van der Waals surface area contributed by atoms with Crippen LogP contribution >= 0.6 is 0 Å². The van der Waals surface area contributed by atoms with E-state index in [1.165, 1.54) is 0 Å². The Labute approximate surface area is 106 Å². The zero-order chi connectivity index (χ0) is 13.1. The van der Waals surface area contributed by atoms with Crippen molar-refractivity contribution in [2.75, 3.05) is 25.5 Å². The molecular weight excluding hydrogens is 232 g/mol. The van der Waals surface area contributed by atoms with E-state index >= 15 is 0 Å². The largest absolute Gasteiger partial charge is 0.399 e. The lowest BCUT2D eigenvalue weighted by Crippen LogP contribution is -2.52. The maximum absolute atomic E-state index is 12.4. The Balaban J connectivity index is 2.16. The Bertz CT molecular complexity index is 436. The maximum Gasteiger partial charge on any atom is 0.254 e. The number of benzene rings is 1. The van der Waals surface area contributed by atoms with Gasteiger partial charge in [-0.1, -0.05) is 6.07 Å². The Hall–Kier alpha value is -1.59. The average Bonchev–Trinajstić information content (AvgIpc) is 2.38. The lowest BCUT2D eigenvalue weighted by molar-refractivity contribution is -0.0667. The zero-order valence-electron chi connectivity index (χ0n) is 10.4. The second-order valence-corrected chi connectivity index (χ2v) is 4.57. The van der Waals surface area contributed by atoms with Crippen LogP contribution in [0.25, 0.3) is 0 Å². The molecule has 0 saturated carbocycles. The number of morpholine rings is 1. The first-order chi connectivity index (χ1) is 8.61. The van der Waals surface area contributed by atoms with Crippen LogP contribution in [-0.4, -0.2) is 47.8 Å². The van der Waals surface area contributed by atoms with E-state index in [-0.39, 0.29) is 24.7 Å². The minimum Gasteiger partial charge on any atom is -0.399 e. The van der Waals surface area contributed by atoms with Crippen molar-refractivity contribution in [1.29, 1.82) is 0 Å². The predicted octanol–water partition coefficient (Wildman–Crippen LogP) is 0.491. The fraction of sp³-hybridized carbons (Fsp3) is 0.462. The van der Waals surface area contributed by atoms with Crippen molar-refractivity contribution >= 4 is 11.6 Å². The molecule has 0 spiro atoms. The summed E-state index contributed by atoms with van der Waals surface area (Å²) in [6.45, 7) is 2.70. The minimum absolute atomic E-state index is 0.00160. The third kappa shape index (κ3) is 2.63. The molecule has 2 unspecified atom stereocenters. The molecule has 5 heteroatoms. The van der Waals surface area contributed by atoms with Gasteiger partial charge in [0.25, 0.3) is 5.91 Å². The van der Waals surface area contributed by atoms with Gasteiger partial charge in [-0.15, -0.1) is 0 Å². The van der Waals surface area contributed by atoms with Crippen LogP contribution in [0, 0.1) is 0 Å². The molecule has 1 aliphatic rings. The minimum atomic E-state index is -0.300. The van der Waals surface area contributed by atoms with Gasteiger partial charge in [0.15, 0.2) is 0 Å². The smallest absolute Gasteiger partial charge is 0.254 e. The number of nitrogen functional groups attached to an aromatic ring is 1. The summed E-state index contributed by atoms with van der Waals surface area (Å²) in [6.07, 6.45) is -0.300. The Morgan fingerprint density at radius 2 is 2.39 bits per heavy atom. The van der Waals surface area contributed by atoms with E-state index in [1.54, 1.807) is 29.2 Å². The number of anilines is 1. The number of aliphatic hydroxyl groups excluding tert-OH is 1. The van der Waals surface area contributed by atoms with Gasteiger partial charge in [0.2, 0.25) is 0 Å². The first-order valence-corrected chi connectivity index (χ1v) is 6.00. The maximum atomic E-state index is 12.4. The third-order valence-corrected chi connectivity index (χ3v) is 3.10. The second-order valence-electron chi connectivity index (χ2n) is 4.57. The molecule has 2 rings (SSSR count). The highest BCUT2D eigenvalue weighted by Crippen LogP contribution is 2.16. The Morgan fingerprint density at radius 1 is 1.61 bits per heavy atom. The zero-order valence-corrected chi connectivity index (χ0v) is 10.4. The Morgan fingerprint density at radius 3 is 3.06 bits per heavy atom. The summed E-state index contributed by atoms with van der Waals surface area (Å²) in [6, 6.07) is 6.92. The van der Waals surface area contributed by atoms with Gasteiger partial charge >= 0.3 is 0 Å². The first kappa shape index (κ1) is 12.9. The molecule has 3 N–H and O–H groups in total. The molecule has 2 atom stereocenters. The molecule has 1 saturated heterocycles. The van der Waals surface area contributed by atoms with Crippen molar-refractivity contribution in [3.05, 3.63) is 29.8 Å². The number of amides is 1. The summed E-state index contributed by atoms with van der Waals surface area (Å²) >= 11 is 0. The summed E-state index contributed by atoms with van der Waals surface area (Å²) in [4.78, 5) is 14.1. The summed E-state index contributed by atoms with van der Waals surface area (Å²) in [5.41, 5.74) is 6.82. The van der Waals surface area contributed by atoms with Crippen LogP contribution in [0.3, 0.4) is 0 Å². The van der Waals surface area contributed by atoms with Gasteiger partial charge in [0.05, 0.1) is 25.4 Å².